The minimum absolute atomic E-state index is 0.214. The number of hydrogen-bond donors (Lipinski definition) is 0. The van der Waals surface area contributed by atoms with E-state index in [1.54, 1.807) is 6.92 Å². The van der Waals surface area contributed by atoms with Crippen molar-refractivity contribution in [1.29, 1.82) is 0 Å². The van der Waals surface area contributed by atoms with Crippen molar-refractivity contribution in [1.82, 2.24) is 0 Å². The number of ketones is 1. The van der Waals surface area contributed by atoms with Crippen molar-refractivity contribution in [2.45, 2.75) is 45.4 Å². The summed E-state index contributed by atoms with van der Waals surface area (Å²) in [5.41, 5.74) is 4.07. The average Bonchev–Trinajstić information content (AvgIpc) is 2.58. The molecule has 2 rings (SSSR count). The number of benzene rings is 1. The number of rotatable bonds is 3. The molecular formula is C17H22O. The fraction of sp³-hybridized carbons (Fsp3) is 0.471. The predicted molar refractivity (Wildman–Crippen MR) is 75.7 cm³/mol. The Morgan fingerprint density at radius 1 is 1.39 bits per heavy atom. The van der Waals surface area contributed by atoms with Crippen molar-refractivity contribution in [2.75, 3.05) is 0 Å². The van der Waals surface area contributed by atoms with E-state index in [-0.39, 0.29) is 11.2 Å². The van der Waals surface area contributed by atoms with E-state index in [1.807, 2.05) is 0 Å². The molecule has 1 aliphatic rings. The lowest BCUT2D eigenvalue weighted by Crippen LogP contribution is -2.25. The van der Waals surface area contributed by atoms with Gasteiger partial charge in [0.05, 0.1) is 0 Å². The third-order valence-corrected chi connectivity index (χ3v) is 4.60. The Morgan fingerprint density at radius 2 is 2.00 bits per heavy atom. The Bertz CT molecular complexity index is 469. The van der Waals surface area contributed by atoms with Gasteiger partial charge in [0.15, 0.2) is 0 Å². The highest BCUT2D eigenvalue weighted by Crippen LogP contribution is 2.47. The second-order valence-corrected chi connectivity index (χ2v) is 5.87. The molecule has 0 N–H and O–H groups in total. The van der Waals surface area contributed by atoms with Crippen LogP contribution < -0.4 is 0 Å². The van der Waals surface area contributed by atoms with Gasteiger partial charge in [0, 0.05) is 6.42 Å². The van der Waals surface area contributed by atoms with Crippen LogP contribution in [0, 0.1) is 5.92 Å². The van der Waals surface area contributed by atoms with Crippen LogP contribution in [-0.2, 0) is 16.6 Å². The van der Waals surface area contributed by atoms with Crippen molar-refractivity contribution < 1.29 is 4.79 Å². The van der Waals surface area contributed by atoms with E-state index >= 15 is 0 Å². The van der Waals surface area contributed by atoms with Crippen molar-refractivity contribution in [3.8, 4) is 0 Å². The maximum Gasteiger partial charge on any atom is 0.134 e. The van der Waals surface area contributed by atoms with E-state index in [4.69, 9.17) is 0 Å². The van der Waals surface area contributed by atoms with Gasteiger partial charge in [-0.25, -0.2) is 0 Å². The molecule has 1 saturated carbocycles. The molecule has 1 aromatic rings. The molecule has 1 aliphatic carbocycles. The van der Waals surface area contributed by atoms with E-state index in [1.165, 1.54) is 17.6 Å². The first-order valence-electron chi connectivity index (χ1n) is 6.70. The third-order valence-electron chi connectivity index (χ3n) is 4.60. The maximum absolute atomic E-state index is 11.1. The Labute approximate surface area is 110 Å². The van der Waals surface area contributed by atoms with E-state index < -0.39 is 0 Å². The molecule has 2 atom stereocenters. The van der Waals surface area contributed by atoms with E-state index in [9.17, 15) is 4.79 Å². The lowest BCUT2D eigenvalue weighted by atomic mass is 9.74. The van der Waals surface area contributed by atoms with Crippen LogP contribution in [0.4, 0.5) is 0 Å². The zero-order valence-corrected chi connectivity index (χ0v) is 11.6. The molecule has 0 aromatic heterocycles. The molecule has 1 fully saturated rings. The highest BCUT2D eigenvalue weighted by atomic mass is 16.1. The molecule has 0 amide bonds. The van der Waals surface area contributed by atoms with Crippen LogP contribution in [0.1, 0.15) is 44.7 Å². The minimum atomic E-state index is 0.214. The molecule has 18 heavy (non-hydrogen) atoms. The molecule has 0 aliphatic heterocycles. The quantitative estimate of drug-likeness (QED) is 0.730. The van der Waals surface area contributed by atoms with E-state index in [2.05, 4.69) is 44.7 Å². The molecular weight excluding hydrogens is 220 g/mol. The molecule has 1 aromatic carbocycles. The minimum Gasteiger partial charge on any atom is -0.300 e. The average molecular weight is 242 g/mol. The van der Waals surface area contributed by atoms with Gasteiger partial charge in [-0.1, -0.05) is 50.3 Å². The standard InChI is InChI=1S/C17H22O/c1-12-9-10-17(4,14(12)3)16-7-5-15(6-8-16)11-13(2)18/h5-8,14H,1,9-11H2,2-4H3/t14-,17+/m0/s1. The first kappa shape index (κ1) is 13.1. The Balaban J connectivity index is 2.24. The monoisotopic (exact) mass is 242 g/mol. The van der Waals surface area contributed by atoms with Crippen LogP contribution >= 0.6 is 0 Å². The third kappa shape index (κ3) is 2.27. The van der Waals surface area contributed by atoms with Gasteiger partial charge in [0.2, 0.25) is 0 Å². The summed E-state index contributed by atoms with van der Waals surface area (Å²) in [4.78, 5) is 11.1. The maximum atomic E-state index is 11.1. The van der Waals surface area contributed by atoms with Gasteiger partial charge in [-0.05, 0) is 42.2 Å². The van der Waals surface area contributed by atoms with Crippen LogP contribution in [0.5, 0.6) is 0 Å². The summed E-state index contributed by atoms with van der Waals surface area (Å²) in [5.74, 6) is 0.757. The van der Waals surface area contributed by atoms with Crippen molar-refractivity contribution in [2.24, 2.45) is 5.92 Å². The second kappa shape index (κ2) is 4.72. The smallest absolute Gasteiger partial charge is 0.134 e. The lowest BCUT2D eigenvalue weighted by Gasteiger charge is -2.30. The van der Waals surface area contributed by atoms with Crippen LogP contribution in [-0.4, -0.2) is 5.78 Å². The molecule has 96 valence electrons. The lowest BCUT2D eigenvalue weighted by molar-refractivity contribution is -0.116. The van der Waals surface area contributed by atoms with Crippen molar-refractivity contribution in [3.63, 3.8) is 0 Å². The summed E-state index contributed by atoms with van der Waals surface area (Å²) in [7, 11) is 0. The highest BCUT2D eigenvalue weighted by molar-refractivity contribution is 5.78. The van der Waals surface area contributed by atoms with Gasteiger partial charge in [-0.2, -0.15) is 0 Å². The van der Waals surface area contributed by atoms with Crippen LogP contribution in [0.15, 0.2) is 36.4 Å². The van der Waals surface area contributed by atoms with Gasteiger partial charge in [0.25, 0.3) is 0 Å². The molecule has 0 saturated heterocycles. The topological polar surface area (TPSA) is 17.1 Å². The Hall–Kier alpha value is -1.37. The summed E-state index contributed by atoms with van der Waals surface area (Å²) < 4.78 is 0. The summed E-state index contributed by atoms with van der Waals surface area (Å²) in [5, 5.41) is 0. The van der Waals surface area contributed by atoms with Crippen LogP contribution in [0.2, 0.25) is 0 Å². The van der Waals surface area contributed by atoms with E-state index in [0.29, 0.717) is 12.3 Å². The zero-order chi connectivity index (χ0) is 13.3. The summed E-state index contributed by atoms with van der Waals surface area (Å²) >= 11 is 0. The molecule has 0 unspecified atom stereocenters. The number of carbonyl (C=O) groups is 1. The molecule has 0 heterocycles. The first-order valence-corrected chi connectivity index (χ1v) is 6.70. The number of allylic oxidation sites excluding steroid dienone is 1. The summed E-state index contributed by atoms with van der Waals surface area (Å²) in [6, 6.07) is 8.56. The highest BCUT2D eigenvalue weighted by Gasteiger charge is 2.39. The second-order valence-electron chi connectivity index (χ2n) is 5.87. The molecule has 1 heteroatoms. The largest absolute Gasteiger partial charge is 0.300 e. The van der Waals surface area contributed by atoms with Crippen molar-refractivity contribution in [3.05, 3.63) is 47.5 Å². The number of hydrogen-bond acceptors (Lipinski definition) is 1. The van der Waals surface area contributed by atoms with Gasteiger partial charge in [0.1, 0.15) is 5.78 Å². The Kier molecular flexibility index (Phi) is 3.43. The Morgan fingerprint density at radius 3 is 2.44 bits per heavy atom. The van der Waals surface area contributed by atoms with Gasteiger partial charge in [-0.3, -0.25) is 4.79 Å². The molecule has 0 radical (unpaired) electrons. The van der Waals surface area contributed by atoms with Crippen molar-refractivity contribution >= 4 is 5.78 Å². The van der Waals surface area contributed by atoms with Gasteiger partial charge >= 0.3 is 0 Å². The zero-order valence-electron chi connectivity index (χ0n) is 11.6. The predicted octanol–water partition coefficient (Wildman–Crippen LogP) is 4.06. The van der Waals surface area contributed by atoms with Crippen LogP contribution in [0.25, 0.3) is 0 Å². The molecule has 0 spiro atoms. The first-order chi connectivity index (χ1) is 8.43. The van der Waals surface area contributed by atoms with Gasteiger partial charge < -0.3 is 0 Å². The molecule has 1 nitrogen and oxygen atoms in total. The fourth-order valence-corrected chi connectivity index (χ4v) is 2.99. The SMILES string of the molecule is C=C1CC[C@@](C)(c2ccc(CC(C)=O)cc2)[C@H]1C. The number of carbonyl (C=O) groups excluding carboxylic acids is 1. The number of Topliss-reactive ketones (excluding diaryl/α,β-unsaturated/α-hetero) is 1. The fourth-order valence-electron chi connectivity index (χ4n) is 2.99. The van der Waals surface area contributed by atoms with Gasteiger partial charge in [-0.15, -0.1) is 0 Å². The van der Waals surface area contributed by atoms with Crippen LogP contribution in [0.3, 0.4) is 0 Å². The summed E-state index contributed by atoms with van der Waals surface area (Å²) in [6.07, 6.45) is 2.85. The normalized spacial score (nSPS) is 27.5. The van der Waals surface area contributed by atoms with E-state index in [0.717, 1.165) is 12.0 Å². The molecule has 0 bridgehead atoms. The summed E-state index contributed by atoms with van der Waals surface area (Å²) in [6.45, 7) is 10.4.